The van der Waals surface area contributed by atoms with Crippen LogP contribution in [0.25, 0.3) is 92.9 Å². The Hall–Kier alpha value is -6.82. The molecule has 0 fully saturated rings. The Morgan fingerprint density at radius 2 is 1.23 bits per heavy atom. The number of aromatic nitrogens is 1. The molecular formula is C69H64BN2OS. The largest absolute Gasteiger partial charge is 0.455 e. The predicted molar refractivity (Wildman–Crippen MR) is 319 cm³/mol. The monoisotopic (exact) mass is 979 g/mol. The number of hydrogen-bond donors (Lipinski definition) is 1. The van der Waals surface area contributed by atoms with Crippen LogP contribution in [0.1, 0.15) is 129 Å². The highest BCUT2D eigenvalue weighted by atomic mass is 32.1. The van der Waals surface area contributed by atoms with Crippen LogP contribution in [0.5, 0.6) is 0 Å². The summed E-state index contributed by atoms with van der Waals surface area (Å²) in [5, 5.41) is 10.1. The standard InChI is InChI=1S/C69H64BN2OS/c1-65(2,3)40-23-26-42(27-24-40)71-53-37-50-44(45-35-51-52(36-49(45)69(50,11)12)68(9,10)31-30-67(51,7)8)34-46(53)57-58-43-20-16-17-21-55(43)73-63(58)59-47-33-41(66(4,5)6)25-28-54(47)72-61-48-32-39(38-18-14-13-15-19-38)22-29-56(48)74-64(61)70-60(57)62(59)72/h13-29,32-37,71H,30-31H2,1-12H3. The van der Waals surface area contributed by atoms with Gasteiger partial charge in [-0.3, -0.25) is 0 Å². The molecule has 3 nitrogen and oxygen atoms in total. The Labute approximate surface area is 440 Å². The van der Waals surface area contributed by atoms with Gasteiger partial charge in [-0.2, -0.15) is 0 Å². The van der Waals surface area contributed by atoms with Crippen molar-refractivity contribution in [2.45, 2.75) is 123 Å². The summed E-state index contributed by atoms with van der Waals surface area (Å²) >= 11 is 1.90. The van der Waals surface area contributed by atoms with E-state index in [-0.39, 0.29) is 27.1 Å². The molecule has 3 aromatic heterocycles. The van der Waals surface area contributed by atoms with Gasteiger partial charge in [-0.15, -0.1) is 11.3 Å². The van der Waals surface area contributed by atoms with Crippen molar-refractivity contribution in [3.05, 3.63) is 173 Å². The van der Waals surface area contributed by atoms with Crippen molar-refractivity contribution >= 4 is 94.1 Å². The zero-order valence-corrected chi connectivity index (χ0v) is 45.9. The predicted octanol–water partition coefficient (Wildman–Crippen LogP) is 18.2. The Balaban J connectivity index is 1.13. The minimum atomic E-state index is -0.230. The molecule has 11 aromatic rings. The summed E-state index contributed by atoms with van der Waals surface area (Å²) in [5.41, 5.74) is 24.8. The van der Waals surface area contributed by atoms with E-state index in [0.717, 1.165) is 33.3 Å². The van der Waals surface area contributed by atoms with Crippen LogP contribution in [0, 0.1) is 0 Å². The van der Waals surface area contributed by atoms with E-state index in [2.05, 4.69) is 240 Å². The molecule has 14 rings (SSSR count). The maximum Gasteiger partial charge on any atom is 0.211 e. The molecular weight excluding hydrogens is 916 g/mol. The van der Waals surface area contributed by atoms with Crippen LogP contribution in [-0.4, -0.2) is 11.8 Å². The molecule has 1 aliphatic heterocycles. The third-order valence-electron chi connectivity index (χ3n) is 17.8. The fraction of sp³-hybridized carbons (Fsp3) is 0.275. The maximum absolute atomic E-state index is 7.38. The van der Waals surface area contributed by atoms with Gasteiger partial charge in [0.25, 0.3) is 0 Å². The molecule has 1 N–H and O–H groups in total. The van der Waals surface area contributed by atoms with Gasteiger partial charge in [0.15, 0.2) is 0 Å². The smallest absolute Gasteiger partial charge is 0.211 e. The molecule has 0 spiro atoms. The van der Waals surface area contributed by atoms with Crippen LogP contribution < -0.4 is 15.6 Å². The highest BCUT2D eigenvalue weighted by molar-refractivity contribution is 7.29. The molecule has 0 unspecified atom stereocenters. The van der Waals surface area contributed by atoms with Crippen LogP contribution >= 0.6 is 11.3 Å². The molecule has 4 heterocycles. The first-order valence-corrected chi connectivity index (χ1v) is 27.7. The van der Waals surface area contributed by atoms with Gasteiger partial charge in [0.05, 0.1) is 22.1 Å². The number of benzene rings is 8. The second-order valence-electron chi connectivity index (χ2n) is 25.9. The number of nitrogens with one attached hydrogen (secondary N) is 1. The first-order valence-electron chi connectivity index (χ1n) is 26.9. The van der Waals surface area contributed by atoms with Gasteiger partial charge >= 0.3 is 0 Å². The van der Waals surface area contributed by atoms with E-state index in [1.807, 2.05) is 11.3 Å². The number of anilines is 2. The van der Waals surface area contributed by atoms with Gasteiger partial charge in [0.1, 0.15) is 11.2 Å². The number of fused-ring (bicyclic) bond motifs is 15. The first kappa shape index (κ1) is 45.8. The molecule has 2 aliphatic carbocycles. The lowest BCUT2D eigenvalue weighted by Crippen LogP contribution is -2.35. The second kappa shape index (κ2) is 15.2. The molecule has 74 heavy (non-hydrogen) atoms. The van der Waals surface area contributed by atoms with Crippen LogP contribution in [-0.2, 0) is 27.1 Å². The van der Waals surface area contributed by atoms with Crippen molar-refractivity contribution in [1.29, 1.82) is 0 Å². The van der Waals surface area contributed by atoms with Gasteiger partial charge < -0.3 is 14.3 Å². The van der Waals surface area contributed by atoms with Crippen molar-refractivity contribution in [2.75, 3.05) is 5.32 Å². The van der Waals surface area contributed by atoms with E-state index < -0.39 is 0 Å². The molecule has 0 atom stereocenters. The Morgan fingerprint density at radius 3 is 1.96 bits per heavy atom. The Kier molecular flexibility index (Phi) is 9.38. The number of para-hydroxylation sites is 1. The summed E-state index contributed by atoms with van der Waals surface area (Å²) in [5.74, 6) is 0. The quantitative estimate of drug-likeness (QED) is 0.178. The van der Waals surface area contributed by atoms with Crippen LogP contribution in [0.2, 0.25) is 0 Å². The third-order valence-corrected chi connectivity index (χ3v) is 18.9. The molecule has 0 saturated carbocycles. The number of rotatable bonds is 4. The number of hydrogen-bond acceptors (Lipinski definition) is 3. The summed E-state index contributed by atoms with van der Waals surface area (Å²) in [6, 6.07) is 53.3. The van der Waals surface area contributed by atoms with E-state index >= 15 is 0 Å². The molecule has 8 aromatic carbocycles. The lowest BCUT2D eigenvalue weighted by atomic mass is 9.62. The van der Waals surface area contributed by atoms with Crippen molar-refractivity contribution in [3.8, 4) is 39.1 Å². The van der Waals surface area contributed by atoms with Crippen molar-refractivity contribution in [3.63, 3.8) is 0 Å². The molecule has 0 amide bonds. The fourth-order valence-corrected chi connectivity index (χ4v) is 14.5. The molecule has 3 aliphatic rings. The van der Waals surface area contributed by atoms with Gasteiger partial charge in [-0.05, 0) is 167 Å². The topological polar surface area (TPSA) is 30.1 Å². The Morgan fingerprint density at radius 1 is 0.568 bits per heavy atom. The van der Waals surface area contributed by atoms with Gasteiger partial charge in [-0.1, -0.05) is 162 Å². The average molecular weight is 980 g/mol. The van der Waals surface area contributed by atoms with E-state index in [0.29, 0.717) is 0 Å². The molecule has 0 saturated heterocycles. The minimum Gasteiger partial charge on any atom is -0.455 e. The fourth-order valence-electron chi connectivity index (χ4n) is 13.3. The van der Waals surface area contributed by atoms with Crippen LogP contribution in [0.15, 0.2) is 144 Å². The van der Waals surface area contributed by atoms with Crippen molar-refractivity contribution in [2.24, 2.45) is 0 Å². The summed E-state index contributed by atoms with van der Waals surface area (Å²) in [7, 11) is 2.54. The van der Waals surface area contributed by atoms with Crippen LogP contribution in [0.3, 0.4) is 0 Å². The average Bonchev–Trinajstić information content (AvgIpc) is 4.13. The SMILES string of the molecule is CC(C)(C)c1ccc(Nc2cc3c(cc2-c2c4c5c(c6cc(C(C)(C)C)ccc6n5-c5c(sc6ccc(-c7ccccc7)cc56)[B]4)c4oc5ccccc5c24)-c2cc4c(cc2C3(C)C)C(C)(C)CCC4(C)C)cc1. The normalized spacial score (nSPS) is 16.2. The maximum atomic E-state index is 7.38. The highest BCUT2D eigenvalue weighted by Crippen LogP contribution is 2.57. The zero-order chi connectivity index (χ0) is 51.2. The summed E-state index contributed by atoms with van der Waals surface area (Å²) < 4.78 is 12.5. The van der Waals surface area contributed by atoms with Gasteiger partial charge in [-0.25, -0.2) is 0 Å². The molecule has 1 radical (unpaired) electrons. The first-order chi connectivity index (χ1) is 35.2. The molecule has 5 heteroatoms. The number of thiophene rings is 1. The number of nitrogens with zero attached hydrogens (tertiary/aromatic N) is 1. The van der Waals surface area contributed by atoms with E-state index in [1.165, 1.54) is 127 Å². The van der Waals surface area contributed by atoms with E-state index in [9.17, 15) is 0 Å². The zero-order valence-electron chi connectivity index (χ0n) is 45.0. The van der Waals surface area contributed by atoms with Crippen LogP contribution in [0.4, 0.5) is 11.4 Å². The van der Waals surface area contributed by atoms with Crippen molar-refractivity contribution in [1.82, 2.24) is 4.57 Å². The van der Waals surface area contributed by atoms with Crippen molar-refractivity contribution < 1.29 is 4.42 Å². The third kappa shape index (κ3) is 6.50. The minimum absolute atomic E-state index is 0.0396. The van der Waals surface area contributed by atoms with E-state index in [1.54, 1.807) is 0 Å². The lowest BCUT2D eigenvalue weighted by Gasteiger charge is -2.42. The van der Waals surface area contributed by atoms with Gasteiger partial charge in [0.2, 0.25) is 7.28 Å². The summed E-state index contributed by atoms with van der Waals surface area (Å²) in [6.07, 6.45) is 2.36. The van der Waals surface area contributed by atoms with E-state index in [4.69, 9.17) is 4.42 Å². The Bertz CT molecular complexity index is 4220. The highest BCUT2D eigenvalue weighted by Gasteiger charge is 2.44. The second-order valence-corrected chi connectivity index (χ2v) is 27.0. The lowest BCUT2D eigenvalue weighted by molar-refractivity contribution is 0.331. The summed E-state index contributed by atoms with van der Waals surface area (Å²) in [6.45, 7) is 28.6. The molecule has 365 valence electrons. The number of furan rings is 1. The summed E-state index contributed by atoms with van der Waals surface area (Å²) in [4.78, 5) is 0. The molecule has 0 bridgehead atoms. The van der Waals surface area contributed by atoms with Gasteiger partial charge in [0, 0.05) is 48.6 Å².